The molecule has 6 heteroatoms. The van der Waals surface area contributed by atoms with Gasteiger partial charge in [-0.3, -0.25) is 19.3 Å². The van der Waals surface area contributed by atoms with Gasteiger partial charge in [-0.25, -0.2) is 0 Å². The van der Waals surface area contributed by atoms with E-state index in [-0.39, 0.29) is 17.7 Å². The number of amides is 3. The molecule has 0 spiro atoms. The van der Waals surface area contributed by atoms with Crippen LogP contribution in [0.25, 0.3) is 0 Å². The van der Waals surface area contributed by atoms with Crippen molar-refractivity contribution in [2.75, 3.05) is 18.8 Å². The van der Waals surface area contributed by atoms with Crippen molar-refractivity contribution in [2.24, 2.45) is 0 Å². The number of nitrogens with zero attached hydrogens (tertiary/aromatic N) is 2. The Morgan fingerprint density at radius 2 is 1.87 bits per heavy atom. The van der Waals surface area contributed by atoms with Gasteiger partial charge in [0.25, 0.3) is 11.8 Å². The fourth-order valence-electron chi connectivity index (χ4n) is 3.68. The Morgan fingerprint density at radius 3 is 2.43 bits per heavy atom. The van der Waals surface area contributed by atoms with Crippen LogP contribution in [0.5, 0.6) is 0 Å². The normalized spacial score (nSPS) is 25.4. The van der Waals surface area contributed by atoms with Crippen molar-refractivity contribution in [3.8, 4) is 0 Å². The van der Waals surface area contributed by atoms with Crippen molar-refractivity contribution in [3.05, 3.63) is 35.4 Å². The first-order chi connectivity index (χ1) is 11.1. The van der Waals surface area contributed by atoms with Crippen LogP contribution in [0.15, 0.2) is 24.3 Å². The van der Waals surface area contributed by atoms with Gasteiger partial charge < -0.3 is 4.90 Å². The first-order valence-corrected chi connectivity index (χ1v) is 9.06. The first-order valence-electron chi connectivity index (χ1n) is 8.01. The van der Waals surface area contributed by atoms with E-state index in [1.54, 1.807) is 24.3 Å². The third kappa shape index (κ3) is 2.45. The topological polar surface area (TPSA) is 57.7 Å². The van der Waals surface area contributed by atoms with Crippen LogP contribution in [0.2, 0.25) is 0 Å². The van der Waals surface area contributed by atoms with Crippen molar-refractivity contribution in [3.63, 3.8) is 0 Å². The summed E-state index contributed by atoms with van der Waals surface area (Å²) in [5, 5.41) is 0.611. The zero-order valence-corrected chi connectivity index (χ0v) is 13.6. The second-order valence-electron chi connectivity index (χ2n) is 6.30. The predicted molar refractivity (Wildman–Crippen MR) is 87.4 cm³/mol. The van der Waals surface area contributed by atoms with E-state index in [9.17, 15) is 14.4 Å². The SMILES string of the molecule is O=C1c2ccccc2C(=O)N1CCCC(=O)N1CC2CC1CS2. The average molecular weight is 330 g/mol. The molecule has 3 heterocycles. The summed E-state index contributed by atoms with van der Waals surface area (Å²) in [5.41, 5.74) is 0.940. The minimum absolute atomic E-state index is 0.161. The number of carbonyl (C=O) groups is 3. The molecule has 1 aromatic rings. The van der Waals surface area contributed by atoms with E-state index in [1.165, 1.54) is 4.90 Å². The van der Waals surface area contributed by atoms with Gasteiger partial charge in [-0.05, 0) is 25.0 Å². The van der Waals surface area contributed by atoms with Crippen molar-refractivity contribution in [1.82, 2.24) is 9.80 Å². The fourth-order valence-corrected chi connectivity index (χ4v) is 5.11. The summed E-state index contributed by atoms with van der Waals surface area (Å²) in [6.07, 6.45) is 2.06. The standard InChI is InChI=1S/C17H18N2O3S/c20-15(19-9-12-8-11(19)10-23-12)6-3-7-18-16(21)13-4-1-2-5-14(13)17(18)22/h1-2,4-5,11-12H,3,6-10H2. The maximum absolute atomic E-state index is 12.3. The number of thioether (sulfide) groups is 1. The molecule has 0 aliphatic carbocycles. The Kier molecular flexibility index (Phi) is 3.64. The van der Waals surface area contributed by atoms with Crippen LogP contribution in [-0.4, -0.2) is 57.7 Å². The summed E-state index contributed by atoms with van der Waals surface area (Å²) in [7, 11) is 0. The number of carbonyl (C=O) groups excluding carboxylic acids is 3. The van der Waals surface area contributed by atoms with Gasteiger partial charge in [-0.15, -0.1) is 0 Å². The van der Waals surface area contributed by atoms with Crippen molar-refractivity contribution < 1.29 is 14.4 Å². The molecule has 2 fully saturated rings. The highest BCUT2D eigenvalue weighted by atomic mass is 32.2. The Hall–Kier alpha value is -1.82. The van der Waals surface area contributed by atoms with Crippen molar-refractivity contribution >= 4 is 29.5 Å². The van der Waals surface area contributed by atoms with Gasteiger partial charge in [0.1, 0.15) is 0 Å². The number of imide groups is 1. The van der Waals surface area contributed by atoms with Gasteiger partial charge in [0, 0.05) is 36.6 Å². The van der Waals surface area contributed by atoms with Gasteiger partial charge >= 0.3 is 0 Å². The number of hydrogen-bond acceptors (Lipinski definition) is 4. The quantitative estimate of drug-likeness (QED) is 0.790. The Morgan fingerprint density at radius 1 is 1.17 bits per heavy atom. The number of likely N-dealkylation sites (tertiary alicyclic amines) is 1. The summed E-state index contributed by atoms with van der Waals surface area (Å²) in [5.74, 6) is 0.730. The van der Waals surface area contributed by atoms with Gasteiger partial charge in [0.2, 0.25) is 5.91 Å². The summed E-state index contributed by atoms with van der Waals surface area (Å²) in [4.78, 5) is 40.1. The van der Waals surface area contributed by atoms with Gasteiger partial charge in [0.15, 0.2) is 0 Å². The van der Waals surface area contributed by atoms with E-state index in [0.717, 1.165) is 18.7 Å². The maximum atomic E-state index is 12.3. The lowest BCUT2D eigenvalue weighted by Gasteiger charge is -2.27. The lowest BCUT2D eigenvalue weighted by Crippen LogP contribution is -2.39. The lowest BCUT2D eigenvalue weighted by atomic mass is 10.1. The highest BCUT2D eigenvalue weighted by Gasteiger charge is 2.40. The summed E-state index contributed by atoms with van der Waals surface area (Å²) >= 11 is 1.96. The Balaban J connectivity index is 1.33. The van der Waals surface area contributed by atoms with Crippen LogP contribution >= 0.6 is 11.8 Å². The van der Waals surface area contributed by atoms with E-state index in [1.807, 2.05) is 16.7 Å². The molecule has 3 aliphatic rings. The first kappa shape index (κ1) is 14.8. The average Bonchev–Trinajstić information content (AvgIpc) is 3.25. The molecule has 4 rings (SSSR count). The molecule has 5 nitrogen and oxygen atoms in total. The highest BCUT2D eigenvalue weighted by molar-refractivity contribution is 8.00. The monoisotopic (exact) mass is 330 g/mol. The predicted octanol–water partition coefficient (Wildman–Crippen LogP) is 1.78. The molecule has 0 radical (unpaired) electrons. The molecule has 23 heavy (non-hydrogen) atoms. The van der Waals surface area contributed by atoms with Crippen LogP contribution in [0.4, 0.5) is 0 Å². The summed E-state index contributed by atoms with van der Waals surface area (Å²) < 4.78 is 0. The molecule has 2 saturated heterocycles. The molecule has 2 bridgehead atoms. The third-order valence-electron chi connectivity index (χ3n) is 4.87. The molecule has 2 unspecified atom stereocenters. The summed E-state index contributed by atoms with van der Waals surface area (Å²) in [6.45, 7) is 1.18. The maximum Gasteiger partial charge on any atom is 0.261 e. The lowest BCUT2D eigenvalue weighted by molar-refractivity contribution is -0.131. The van der Waals surface area contributed by atoms with Crippen LogP contribution < -0.4 is 0 Å². The second kappa shape index (κ2) is 5.67. The van der Waals surface area contributed by atoms with E-state index in [2.05, 4.69) is 0 Å². The van der Waals surface area contributed by atoms with Gasteiger partial charge in [-0.1, -0.05) is 12.1 Å². The zero-order valence-electron chi connectivity index (χ0n) is 12.7. The number of benzene rings is 1. The zero-order chi connectivity index (χ0) is 16.0. The van der Waals surface area contributed by atoms with Gasteiger partial charge in [0.05, 0.1) is 11.1 Å². The Bertz CT molecular complexity index is 655. The molecular weight excluding hydrogens is 312 g/mol. The van der Waals surface area contributed by atoms with E-state index >= 15 is 0 Å². The van der Waals surface area contributed by atoms with Crippen LogP contribution in [0.3, 0.4) is 0 Å². The van der Waals surface area contributed by atoms with E-state index < -0.39 is 0 Å². The number of fused-ring (bicyclic) bond motifs is 3. The van der Waals surface area contributed by atoms with Crippen LogP contribution in [0, 0.1) is 0 Å². The van der Waals surface area contributed by atoms with Crippen molar-refractivity contribution in [2.45, 2.75) is 30.6 Å². The molecular formula is C17H18N2O3S. The molecule has 0 saturated carbocycles. The largest absolute Gasteiger partial charge is 0.338 e. The van der Waals surface area contributed by atoms with Gasteiger partial charge in [-0.2, -0.15) is 11.8 Å². The molecule has 0 N–H and O–H groups in total. The van der Waals surface area contributed by atoms with E-state index in [0.29, 0.717) is 41.8 Å². The third-order valence-corrected chi connectivity index (χ3v) is 6.26. The smallest absolute Gasteiger partial charge is 0.261 e. The van der Waals surface area contributed by atoms with Crippen molar-refractivity contribution in [1.29, 1.82) is 0 Å². The fraction of sp³-hybridized carbons (Fsp3) is 0.471. The van der Waals surface area contributed by atoms with E-state index in [4.69, 9.17) is 0 Å². The number of hydrogen-bond donors (Lipinski definition) is 0. The Labute approximate surface area is 139 Å². The summed E-state index contributed by atoms with van der Waals surface area (Å²) in [6, 6.07) is 7.28. The molecule has 3 amide bonds. The number of rotatable bonds is 4. The minimum atomic E-state index is -0.241. The van der Waals surface area contributed by atoms with Crippen LogP contribution in [0.1, 0.15) is 40.0 Å². The second-order valence-corrected chi connectivity index (χ2v) is 7.64. The molecule has 1 aromatic carbocycles. The molecule has 0 aromatic heterocycles. The molecule has 120 valence electrons. The van der Waals surface area contributed by atoms with Crippen LogP contribution in [-0.2, 0) is 4.79 Å². The molecule has 2 atom stereocenters. The highest BCUT2D eigenvalue weighted by Crippen LogP contribution is 2.37. The molecule has 3 aliphatic heterocycles. The minimum Gasteiger partial charge on any atom is -0.338 e.